The highest BCUT2D eigenvalue weighted by molar-refractivity contribution is 8.01. The van der Waals surface area contributed by atoms with Crippen LogP contribution in [-0.4, -0.2) is 71.5 Å². The summed E-state index contributed by atoms with van der Waals surface area (Å²) in [7, 11) is 0. The predicted octanol–water partition coefficient (Wildman–Crippen LogP) is 3.27. The number of rotatable bonds is 10. The summed E-state index contributed by atoms with van der Waals surface area (Å²) in [6, 6.07) is 8.05. The Morgan fingerprint density at radius 3 is 2.24 bits per heavy atom. The molecule has 33 heavy (non-hydrogen) atoms. The molecule has 3 amide bonds. The molecule has 1 aliphatic heterocycles. The minimum Gasteiger partial charge on any atom is -0.378 e. The zero-order valence-electron chi connectivity index (χ0n) is 20.6. The van der Waals surface area contributed by atoms with Crippen molar-refractivity contribution in [1.29, 1.82) is 0 Å². The molecule has 1 aromatic rings. The van der Waals surface area contributed by atoms with E-state index in [0.717, 1.165) is 5.56 Å². The summed E-state index contributed by atoms with van der Waals surface area (Å²) < 4.78 is 5.26. The molecule has 8 heteroatoms. The van der Waals surface area contributed by atoms with E-state index < -0.39 is 12.1 Å². The van der Waals surface area contributed by atoms with E-state index in [1.165, 1.54) is 0 Å². The molecule has 0 radical (unpaired) electrons. The number of hydrogen-bond donors (Lipinski definition) is 2. The first-order chi connectivity index (χ1) is 15.5. The molecule has 1 aromatic carbocycles. The Bertz CT molecular complexity index is 774. The zero-order chi connectivity index (χ0) is 24.4. The van der Waals surface area contributed by atoms with Gasteiger partial charge < -0.3 is 20.3 Å². The molecule has 0 unspecified atom stereocenters. The maximum Gasteiger partial charge on any atom is 0.318 e. The summed E-state index contributed by atoms with van der Waals surface area (Å²) in [6.45, 7) is 12.2. The SMILES string of the molecule is CC(C)C[C@H](NC(=O)N1CCOCC1)C(=O)N[C@@H](Cc1ccccc1)C(=O)CSC(C)(C)C. The number of amides is 3. The fourth-order valence-electron chi connectivity index (χ4n) is 3.47. The lowest BCUT2D eigenvalue weighted by atomic mass is 10.00. The van der Waals surface area contributed by atoms with Gasteiger partial charge in [0.2, 0.25) is 5.91 Å². The van der Waals surface area contributed by atoms with Crippen molar-refractivity contribution in [1.82, 2.24) is 15.5 Å². The van der Waals surface area contributed by atoms with Crippen molar-refractivity contribution in [3.63, 3.8) is 0 Å². The molecule has 184 valence electrons. The molecule has 0 aliphatic carbocycles. The topological polar surface area (TPSA) is 87.7 Å². The average Bonchev–Trinajstić information content (AvgIpc) is 2.77. The van der Waals surface area contributed by atoms with E-state index in [1.54, 1.807) is 16.7 Å². The lowest BCUT2D eigenvalue weighted by molar-refractivity contribution is -0.128. The number of carbonyl (C=O) groups excluding carboxylic acids is 3. The van der Waals surface area contributed by atoms with Gasteiger partial charge in [-0.3, -0.25) is 9.59 Å². The van der Waals surface area contributed by atoms with Gasteiger partial charge in [0.1, 0.15) is 6.04 Å². The number of nitrogens with one attached hydrogen (secondary N) is 2. The average molecular weight is 478 g/mol. The van der Waals surface area contributed by atoms with E-state index in [1.807, 2.05) is 44.2 Å². The fourth-order valence-corrected chi connectivity index (χ4v) is 4.24. The van der Waals surface area contributed by atoms with E-state index in [2.05, 4.69) is 31.4 Å². The molecule has 0 spiro atoms. The van der Waals surface area contributed by atoms with Gasteiger partial charge in [-0.05, 0) is 24.3 Å². The summed E-state index contributed by atoms with van der Waals surface area (Å²) in [6.07, 6.45) is 0.910. The van der Waals surface area contributed by atoms with Crippen molar-refractivity contribution in [3.05, 3.63) is 35.9 Å². The molecular weight excluding hydrogens is 438 g/mol. The van der Waals surface area contributed by atoms with Gasteiger partial charge in [0, 0.05) is 17.8 Å². The van der Waals surface area contributed by atoms with E-state index in [0.29, 0.717) is 44.9 Å². The number of thioether (sulfide) groups is 1. The van der Waals surface area contributed by atoms with Crippen LogP contribution in [-0.2, 0) is 20.7 Å². The third-order valence-corrected chi connectivity index (χ3v) is 6.55. The molecule has 7 nitrogen and oxygen atoms in total. The molecule has 1 saturated heterocycles. The smallest absolute Gasteiger partial charge is 0.318 e. The number of carbonyl (C=O) groups is 3. The first-order valence-electron chi connectivity index (χ1n) is 11.7. The van der Waals surface area contributed by atoms with Gasteiger partial charge in [-0.1, -0.05) is 65.0 Å². The monoisotopic (exact) mass is 477 g/mol. The second-order valence-corrected chi connectivity index (χ2v) is 11.7. The van der Waals surface area contributed by atoms with Gasteiger partial charge in [0.15, 0.2) is 5.78 Å². The minimum atomic E-state index is -0.707. The van der Waals surface area contributed by atoms with Gasteiger partial charge in [-0.15, -0.1) is 11.8 Å². The van der Waals surface area contributed by atoms with E-state index in [-0.39, 0.29) is 28.4 Å². The quantitative estimate of drug-likeness (QED) is 0.540. The standard InChI is InChI=1S/C25H39N3O4S/c1-18(2)15-21(27-24(31)28-11-13-32-14-12-28)23(30)26-20(16-19-9-7-6-8-10-19)22(29)17-33-25(3,4)5/h6-10,18,20-21H,11-17H2,1-5H3,(H,26,30)(H,27,31)/t20-,21-/m0/s1. The Balaban J connectivity index is 2.12. The second-order valence-electron chi connectivity index (χ2n) is 9.85. The van der Waals surface area contributed by atoms with Crippen LogP contribution >= 0.6 is 11.8 Å². The molecule has 1 fully saturated rings. The van der Waals surface area contributed by atoms with Crippen LogP contribution in [0.2, 0.25) is 0 Å². The summed E-state index contributed by atoms with van der Waals surface area (Å²) in [5, 5.41) is 5.84. The molecule has 2 N–H and O–H groups in total. The normalized spacial score (nSPS) is 16.2. The van der Waals surface area contributed by atoms with Crippen LogP contribution in [0.15, 0.2) is 30.3 Å². The Morgan fingerprint density at radius 2 is 1.67 bits per heavy atom. The number of nitrogens with zero attached hydrogens (tertiary/aromatic N) is 1. The second kappa shape index (κ2) is 13.0. The van der Waals surface area contributed by atoms with Crippen molar-refractivity contribution in [2.24, 2.45) is 5.92 Å². The molecule has 0 aromatic heterocycles. The number of benzene rings is 1. The van der Waals surface area contributed by atoms with Gasteiger partial charge >= 0.3 is 6.03 Å². The number of ketones is 1. The molecule has 0 saturated carbocycles. The van der Waals surface area contributed by atoms with Crippen LogP contribution in [0.5, 0.6) is 0 Å². The van der Waals surface area contributed by atoms with Crippen LogP contribution in [0.4, 0.5) is 4.79 Å². The van der Waals surface area contributed by atoms with Crippen LogP contribution in [0.3, 0.4) is 0 Å². The van der Waals surface area contributed by atoms with E-state index in [9.17, 15) is 14.4 Å². The van der Waals surface area contributed by atoms with Crippen molar-refractivity contribution in [2.75, 3.05) is 32.1 Å². The molecule has 2 atom stereocenters. The Hall–Kier alpha value is -2.06. The highest BCUT2D eigenvalue weighted by Crippen LogP contribution is 2.23. The third kappa shape index (κ3) is 10.2. The van der Waals surface area contributed by atoms with Crippen LogP contribution in [0, 0.1) is 5.92 Å². The van der Waals surface area contributed by atoms with E-state index in [4.69, 9.17) is 4.74 Å². The Kier molecular flexibility index (Phi) is 10.7. The highest BCUT2D eigenvalue weighted by atomic mass is 32.2. The van der Waals surface area contributed by atoms with Crippen molar-refractivity contribution < 1.29 is 19.1 Å². The summed E-state index contributed by atoms with van der Waals surface area (Å²) in [5.74, 6) is 0.178. The first-order valence-corrected chi connectivity index (χ1v) is 12.7. The number of morpholine rings is 1. The van der Waals surface area contributed by atoms with Gasteiger partial charge in [-0.25, -0.2) is 4.79 Å². The van der Waals surface area contributed by atoms with Crippen molar-refractivity contribution >= 4 is 29.5 Å². The molecule has 1 aliphatic rings. The van der Waals surface area contributed by atoms with Gasteiger partial charge in [0.25, 0.3) is 0 Å². The predicted molar refractivity (Wildman–Crippen MR) is 133 cm³/mol. The number of Topliss-reactive ketones (excluding diaryl/α,β-unsaturated/α-hetero) is 1. The summed E-state index contributed by atoms with van der Waals surface area (Å²) in [5.41, 5.74) is 0.981. The van der Waals surface area contributed by atoms with Crippen LogP contribution in [0.1, 0.15) is 46.6 Å². The van der Waals surface area contributed by atoms with E-state index >= 15 is 0 Å². The Morgan fingerprint density at radius 1 is 1.03 bits per heavy atom. The van der Waals surface area contributed by atoms with Gasteiger partial charge in [0.05, 0.1) is 25.0 Å². The third-order valence-electron chi connectivity index (χ3n) is 5.25. The van der Waals surface area contributed by atoms with Crippen LogP contribution < -0.4 is 10.6 Å². The Labute approximate surface area is 202 Å². The zero-order valence-corrected chi connectivity index (χ0v) is 21.4. The number of urea groups is 1. The lowest BCUT2D eigenvalue weighted by Crippen LogP contribution is -2.56. The number of ether oxygens (including phenoxy) is 1. The number of hydrogen-bond acceptors (Lipinski definition) is 5. The lowest BCUT2D eigenvalue weighted by Gasteiger charge is -2.30. The largest absolute Gasteiger partial charge is 0.378 e. The first kappa shape index (κ1) is 27.2. The maximum absolute atomic E-state index is 13.3. The minimum absolute atomic E-state index is 0.0186. The molecule has 1 heterocycles. The summed E-state index contributed by atoms with van der Waals surface area (Å²) in [4.78, 5) is 40.8. The fraction of sp³-hybridized carbons (Fsp3) is 0.640. The molecule has 0 bridgehead atoms. The maximum atomic E-state index is 13.3. The van der Waals surface area contributed by atoms with Crippen LogP contribution in [0.25, 0.3) is 0 Å². The van der Waals surface area contributed by atoms with Crippen molar-refractivity contribution in [2.45, 2.75) is 64.3 Å². The highest BCUT2D eigenvalue weighted by Gasteiger charge is 2.29. The van der Waals surface area contributed by atoms with Gasteiger partial charge in [-0.2, -0.15) is 0 Å². The van der Waals surface area contributed by atoms with Crippen molar-refractivity contribution in [3.8, 4) is 0 Å². The summed E-state index contributed by atoms with van der Waals surface area (Å²) >= 11 is 1.57. The molecule has 2 rings (SSSR count). The molecular formula is C25H39N3O4S.